The number of aromatic nitrogens is 2. The molecule has 0 bridgehead atoms. The molecule has 4 unspecified atom stereocenters. The Hall–Kier alpha value is -3.43. The molecule has 290 valence electrons. The molecule has 14 heteroatoms. The first-order valence-electron chi connectivity index (χ1n) is 18.0. The molecule has 0 aliphatic carbocycles. The Morgan fingerprint density at radius 3 is 2.06 bits per heavy atom. The number of nitrogens with zero attached hydrogens (tertiary/aromatic N) is 3. The number of hydrogen-bond donors (Lipinski definition) is 1. The molecule has 0 saturated carbocycles. The maximum absolute atomic E-state index is 13.2. The normalized spacial score (nSPS) is 18.2. The summed E-state index contributed by atoms with van der Waals surface area (Å²) in [5.41, 5.74) is 0.501. The Balaban J connectivity index is 1.60. The molecule has 3 aromatic carbocycles. The number of aliphatic imine (C=N–C) groups is 1. The van der Waals surface area contributed by atoms with E-state index in [0.717, 1.165) is 16.7 Å². The minimum atomic E-state index is -1.58. The van der Waals surface area contributed by atoms with Crippen LogP contribution in [0.2, 0.25) is 0 Å². The summed E-state index contributed by atoms with van der Waals surface area (Å²) >= 11 is 1.92. The first kappa shape index (κ1) is 41.7. The van der Waals surface area contributed by atoms with Crippen molar-refractivity contribution in [3.8, 4) is 11.5 Å². The summed E-state index contributed by atoms with van der Waals surface area (Å²) in [7, 11) is 3.43. The van der Waals surface area contributed by atoms with Gasteiger partial charge in [-0.15, -0.1) is 0 Å². The largest absolute Gasteiger partial charge is 0.497 e. The van der Waals surface area contributed by atoms with Gasteiger partial charge >= 0.3 is 5.69 Å². The summed E-state index contributed by atoms with van der Waals surface area (Å²) in [6.07, 6.45) is 2.32. The van der Waals surface area contributed by atoms with E-state index in [-0.39, 0.29) is 18.7 Å². The highest BCUT2D eigenvalue weighted by molar-refractivity contribution is 14.1. The van der Waals surface area contributed by atoms with E-state index in [1.165, 1.54) is 10.8 Å². The van der Waals surface area contributed by atoms with Crippen molar-refractivity contribution in [1.82, 2.24) is 14.2 Å². The minimum Gasteiger partial charge on any atom is -0.497 e. The van der Waals surface area contributed by atoms with E-state index in [1.54, 1.807) is 21.3 Å². The number of methoxy groups -OCH3 is 2. The van der Waals surface area contributed by atoms with Crippen LogP contribution < -0.4 is 20.7 Å². The van der Waals surface area contributed by atoms with Crippen molar-refractivity contribution < 1.29 is 28.0 Å². The quantitative estimate of drug-likeness (QED) is 0.0361. The Morgan fingerprint density at radius 1 is 0.944 bits per heavy atom. The van der Waals surface area contributed by atoms with Crippen molar-refractivity contribution in [1.29, 1.82) is 0 Å². The lowest BCUT2D eigenvalue weighted by Crippen LogP contribution is -2.39. The number of benzene rings is 3. The van der Waals surface area contributed by atoms with Gasteiger partial charge in [0.05, 0.1) is 37.1 Å². The maximum Gasteiger partial charge on any atom is 0.330 e. The zero-order valence-electron chi connectivity index (χ0n) is 31.8. The molecule has 5 rings (SSSR count). The average molecular weight is 873 g/mol. The summed E-state index contributed by atoms with van der Waals surface area (Å²) in [6, 6.07) is 25.9. The Labute approximate surface area is 331 Å². The molecule has 0 radical (unpaired) electrons. The molecule has 1 aliphatic rings. The number of halogens is 1. The number of rotatable bonds is 18. The van der Waals surface area contributed by atoms with Gasteiger partial charge in [-0.05, 0) is 91.2 Å². The van der Waals surface area contributed by atoms with Crippen LogP contribution in [-0.2, 0) is 24.1 Å². The number of nitrogens with one attached hydrogen (secondary N) is 1. The molecule has 4 aromatic rings. The smallest absolute Gasteiger partial charge is 0.330 e. The van der Waals surface area contributed by atoms with Crippen LogP contribution in [0.3, 0.4) is 0 Å². The molecule has 12 nitrogen and oxygen atoms in total. The molecule has 1 fully saturated rings. The molecule has 4 atom stereocenters. The van der Waals surface area contributed by atoms with E-state index in [0.29, 0.717) is 34.5 Å². The van der Waals surface area contributed by atoms with Crippen molar-refractivity contribution >= 4 is 37.3 Å². The van der Waals surface area contributed by atoms with Crippen LogP contribution in [0.1, 0.15) is 63.5 Å². The minimum absolute atomic E-state index is 0.0678. The van der Waals surface area contributed by atoms with Gasteiger partial charge < -0.3 is 33.0 Å². The van der Waals surface area contributed by atoms with Crippen molar-refractivity contribution in [3.63, 3.8) is 0 Å². The van der Waals surface area contributed by atoms with E-state index in [4.69, 9.17) is 28.0 Å². The average Bonchev–Trinajstić information content (AvgIpc) is 3.57. The molecule has 54 heavy (non-hydrogen) atoms. The van der Waals surface area contributed by atoms with Gasteiger partial charge in [0.2, 0.25) is 0 Å². The van der Waals surface area contributed by atoms with Crippen LogP contribution in [0.15, 0.2) is 99.6 Å². The van der Waals surface area contributed by atoms with Crippen molar-refractivity contribution in [3.05, 3.63) is 126 Å². The van der Waals surface area contributed by atoms with E-state index in [9.17, 15) is 9.59 Å². The molecule has 0 amide bonds. The third kappa shape index (κ3) is 9.68. The fourth-order valence-corrected chi connectivity index (χ4v) is 8.85. The number of ether oxygens (including phenoxy) is 4. The first-order valence-corrected chi connectivity index (χ1v) is 20.2. The number of H-pyrrole nitrogens is 1. The molecule has 1 aromatic heterocycles. The molecule has 1 aliphatic heterocycles. The lowest BCUT2D eigenvalue weighted by Gasteiger charge is -2.39. The van der Waals surface area contributed by atoms with Gasteiger partial charge in [-0.1, -0.05) is 54.6 Å². The zero-order chi connectivity index (χ0) is 38.8. The van der Waals surface area contributed by atoms with Gasteiger partial charge in [0.25, 0.3) is 14.1 Å². The summed E-state index contributed by atoms with van der Waals surface area (Å²) in [5.74, 6) is 1.43. The van der Waals surface area contributed by atoms with Gasteiger partial charge in [-0.3, -0.25) is 14.3 Å². The molecule has 1 N–H and O–H groups in total. The number of aromatic amines is 1. The van der Waals surface area contributed by atoms with E-state index in [1.807, 2.05) is 108 Å². The van der Waals surface area contributed by atoms with Gasteiger partial charge in [0.15, 0.2) is 0 Å². The molecule has 1 saturated heterocycles. The second kappa shape index (κ2) is 19.4. The second-order valence-corrected chi connectivity index (χ2v) is 15.9. The number of hydrogen-bond acceptors (Lipinski definition) is 10. The third-order valence-corrected chi connectivity index (χ3v) is 12.1. The first-order chi connectivity index (χ1) is 26.0. The molecule has 0 spiro atoms. The zero-order valence-corrected chi connectivity index (χ0v) is 34.9. The summed E-state index contributed by atoms with van der Waals surface area (Å²) in [4.78, 5) is 32.0. The van der Waals surface area contributed by atoms with Crippen LogP contribution in [-0.4, -0.2) is 79.2 Å². The van der Waals surface area contributed by atoms with Crippen LogP contribution in [0, 0.1) is 3.57 Å². The highest BCUT2D eigenvalue weighted by Gasteiger charge is 2.45. The summed E-state index contributed by atoms with van der Waals surface area (Å²) in [6.45, 7) is 8.94. The fourth-order valence-electron chi connectivity index (χ4n) is 6.64. The highest BCUT2D eigenvalue weighted by atomic mass is 127. The molecular formula is C40H50IN4O8P. The summed E-state index contributed by atoms with van der Waals surface area (Å²) in [5, 5.41) is 0. The summed E-state index contributed by atoms with van der Waals surface area (Å²) < 4.78 is 42.5. The van der Waals surface area contributed by atoms with Crippen molar-refractivity contribution in [2.75, 3.05) is 34.5 Å². The van der Waals surface area contributed by atoms with Crippen LogP contribution >= 0.6 is 31.1 Å². The molecule has 2 heterocycles. The SMILES string of the molecule is C/N=C/CCOP(OC1CC(n2cc(I)c(=O)[nH]c2=O)OC1COC(c1ccccc1)(c1ccc(OC)cc1)c1ccc(OC)cc1)N(C(C)C)C(C)C. The Kier molecular flexibility index (Phi) is 15.0. The standard InChI is InChI=1S/C40H50IN4O8P/c1-27(2)45(28(3)4)54(51-23-11-22-42-5)53-35-24-37(44-25-34(41)38(46)43-39(44)47)52-36(35)26-50-40(29-12-9-8-10-13-29,30-14-18-32(48-6)19-15-30)31-16-20-33(49-7)21-17-31/h8-10,12-22,25,27-28,35-37H,11,23-24,26H2,1-7H3,(H,43,46,47)/b42-22+. The van der Waals surface area contributed by atoms with Gasteiger partial charge in [-0.25, -0.2) is 9.46 Å². The van der Waals surface area contributed by atoms with Crippen molar-refractivity contribution in [2.24, 2.45) is 4.99 Å². The van der Waals surface area contributed by atoms with Gasteiger partial charge in [0.1, 0.15) is 29.4 Å². The second-order valence-electron chi connectivity index (χ2n) is 13.3. The van der Waals surface area contributed by atoms with Gasteiger partial charge in [0, 0.05) is 44.4 Å². The Bertz CT molecular complexity index is 1870. The predicted octanol–water partition coefficient (Wildman–Crippen LogP) is 7.29. The maximum atomic E-state index is 13.2. The van der Waals surface area contributed by atoms with Crippen LogP contribution in [0.25, 0.3) is 0 Å². The van der Waals surface area contributed by atoms with Crippen LogP contribution in [0.4, 0.5) is 0 Å². The Morgan fingerprint density at radius 2 is 1.52 bits per heavy atom. The van der Waals surface area contributed by atoms with Crippen molar-refractivity contribution in [2.45, 2.75) is 76.7 Å². The monoisotopic (exact) mass is 872 g/mol. The van der Waals surface area contributed by atoms with Gasteiger partial charge in [-0.2, -0.15) is 0 Å². The van der Waals surface area contributed by atoms with E-state index < -0.39 is 43.8 Å². The fraction of sp³-hybridized carbons (Fsp3) is 0.425. The van der Waals surface area contributed by atoms with Crippen LogP contribution in [0.5, 0.6) is 11.5 Å². The van der Waals surface area contributed by atoms with E-state index >= 15 is 0 Å². The highest BCUT2D eigenvalue weighted by Crippen LogP contribution is 2.50. The molecular weight excluding hydrogens is 822 g/mol. The van der Waals surface area contributed by atoms with E-state index in [2.05, 4.69) is 42.3 Å². The lowest BCUT2D eigenvalue weighted by molar-refractivity contribution is -0.0926. The lowest BCUT2D eigenvalue weighted by atomic mass is 9.80. The topological polar surface area (TPSA) is 126 Å². The third-order valence-electron chi connectivity index (χ3n) is 9.16. The predicted molar refractivity (Wildman–Crippen MR) is 220 cm³/mol.